The molecule has 0 saturated carbocycles. The SMILES string of the molecule is NCCOc1ccc2c(c1)CCN2. The third kappa shape index (κ3) is 1.75. The second kappa shape index (κ2) is 3.66. The molecule has 2 rings (SSSR count). The smallest absolute Gasteiger partial charge is 0.119 e. The Morgan fingerprint density at radius 2 is 2.38 bits per heavy atom. The van der Waals surface area contributed by atoms with E-state index in [1.165, 1.54) is 11.3 Å². The van der Waals surface area contributed by atoms with E-state index < -0.39 is 0 Å². The standard InChI is InChI=1S/C10H14N2O/c11-4-6-13-9-1-2-10-8(7-9)3-5-12-10/h1-2,7,12H,3-6,11H2. The first-order valence-corrected chi connectivity index (χ1v) is 4.60. The largest absolute Gasteiger partial charge is 0.492 e. The van der Waals surface area contributed by atoms with Gasteiger partial charge < -0.3 is 15.8 Å². The van der Waals surface area contributed by atoms with Gasteiger partial charge in [-0.3, -0.25) is 0 Å². The van der Waals surface area contributed by atoms with Crippen LogP contribution in [0.4, 0.5) is 5.69 Å². The highest BCUT2D eigenvalue weighted by Crippen LogP contribution is 2.26. The van der Waals surface area contributed by atoms with Crippen LogP contribution in [0.15, 0.2) is 18.2 Å². The van der Waals surface area contributed by atoms with Gasteiger partial charge in [-0.25, -0.2) is 0 Å². The number of hydrogen-bond acceptors (Lipinski definition) is 3. The van der Waals surface area contributed by atoms with Crippen LogP contribution in [-0.2, 0) is 6.42 Å². The quantitative estimate of drug-likeness (QED) is 0.725. The summed E-state index contributed by atoms with van der Waals surface area (Å²) in [5, 5.41) is 3.30. The highest BCUT2D eigenvalue weighted by Gasteiger charge is 2.09. The van der Waals surface area contributed by atoms with Crippen LogP contribution in [0.5, 0.6) is 5.75 Å². The van der Waals surface area contributed by atoms with Crippen LogP contribution in [-0.4, -0.2) is 19.7 Å². The van der Waals surface area contributed by atoms with Gasteiger partial charge in [0.05, 0.1) is 0 Å². The van der Waals surface area contributed by atoms with Crippen molar-refractivity contribution < 1.29 is 4.74 Å². The lowest BCUT2D eigenvalue weighted by molar-refractivity contribution is 0.328. The van der Waals surface area contributed by atoms with Crippen LogP contribution < -0.4 is 15.8 Å². The summed E-state index contributed by atoms with van der Waals surface area (Å²) in [5.41, 5.74) is 7.93. The highest BCUT2D eigenvalue weighted by molar-refractivity contribution is 5.57. The molecule has 3 N–H and O–H groups in total. The third-order valence-corrected chi connectivity index (χ3v) is 2.17. The predicted octanol–water partition coefficient (Wildman–Crippen LogP) is 0.992. The van der Waals surface area contributed by atoms with Crippen LogP contribution in [0.2, 0.25) is 0 Å². The Labute approximate surface area is 77.9 Å². The van der Waals surface area contributed by atoms with E-state index in [4.69, 9.17) is 10.5 Å². The molecule has 0 aliphatic carbocycles. The molecule has 0 amide bonds. The molecule has 1 aromatic carbocycles. The van der Waals surface area contributed by atoms with Crippen molar-refractivity contribution in [3.8, 4) is 5.75 Å². The molecule has 3 nitrogen and oxygen atoms in total. The molecule has 0 radical (unpaired) electrons. The lowest BCUT2D eigenvalue weighted by Crippen LogP contribution is -2.10. The minimum Gasteiger partial charge on any atom is -0.492 e. The molecule has 3 heteroatoms. The predicted molar refractivity (Wildman–Crippen MR) is 53.2 cm³/mol. The highest BCUT2D eigenvalue weighted by atomic mass is 16.5. The first-order chi connectivity index (χ1) is 6.40. The molecule has 0 bridgehead atoms. The van der Waals surface area contributed by atoms with Crippen molar-refractivity contribution in [3.63, 3.8) is 0 Å². The van der Waals surface area contributed by atoms with Gasteiger partial charge in [0.1, 0.15) is 12.4 Å². The number of nitrogens with one attached hydrogen (secondary N) is 1. The molecule has 0 unspecified atom stereocenters. The van der Waals surface area contributed by atoms with Gasteiger partial charge in [0.25, 0.3) is 0 Å². The Hall–Kier alpha value is -1.22. The lowest BCUT2D eigenvalue weighted by atomic mass is 10.1. The zero-order chi connectivity index (χ0) is 9.10. The number of fused-ring (bicyclic) bond motifs is 1. The molecule has 0 fully saturated rings. The summed E-state index contributed by atoms with van der Waals surface area (Å²) in [6.45, 7) is 2.19. The molecular weight excluding hydrogens is 164 g/mol. The number of nitrogens with two attached hydrogens (primary N) is 1. The average Bonchev–Trinajstić information content (AvgIpc) is 2.61. The zero-order valence-corrected chi connectivity index (χ0v) is 7.55. The second-order valence-electron chi connectivity index (χ2n) is 3.13. The number of anilines is 1. The van der Waals surface area contributed by atoms with Crippen LogP contribution >= 0.6 is 0 Å². The second-order valence-corrected chi connectivity index (χ2v) is 3.13. The van der Waals surface area contributed by atoms with Crippen molar-refractivity contribution in [1.82, 2.24) is 0 Å². The maximum Gasteiger partial charge on any atom is 0.119 e. The molecule has 1 aliphatic heterocycles. The molecule has 1 aliphatic rings. The molecule has 1 heterocycles. The van der Waals surface area contributed by atoms with Crippen LogP contribution in [0, 0.1) is 0 Å². The van der Waals surface area contributed by atoms with Crippen LogP contribution in [0.1, 0.15) is 5.56 Å². The van der Waals surface area contributed by atoms with E-state index in [1.54, 1.807) is 0 Å². The fourth-order valence-electron chi connectivity index (χ4n) is 1.55. The fraction of sp³-hybridized carbons (Fsp3) is 0.400. The van der Waals surface area contributed by atoms with Gasteiger partial charge in [-0.05, 0) is 30.2 Å². The van der Waals surface area contributed by atoms with E-state index in [1.807, 2.05) is 6.07 Å². The topological polar surface area (TPSA) is 47.3 Å². The van der Waals surface area contributed by atoms with Gasteiger partial charge in [-0.1, -0.05) is 0 Å². The van der Waals surface area contributed by atoms with Crippen LogP contribution in [0.25, 0.3) is 0 Å². The average molecular weight is 178 g/mol. The zero-order valence-electron chi connectivity index (χ0n) is 7.55. The van der Waals surface area contributed by atoms with E-state index in [0.717, 1.165) is 18.7 Å². The van der Waals surface area contributed by atoms with Crippen LogP contribution in [0.3, 0.4) is 0 Å². The van der Waals surface area contributed by atoms with E-state index >= 15 is 0 Å². The van der Waals surface area contributed by atoms with Crippen molar-refractivity contribution in [1.29, 1.82) is 0 Å². The van der Waals surface area contributed by atoms with Gasteiger partial charge in [-0.2, -0.15) is 0 Å². The van der Waals surface area contributed by atoms with E-state index in [9.17, 15) is 0 Å². The number of rotatable bonds is 3. The molecular formula is C10H14N2O. The summed E-state index contributed by atoms with van der Waals surface area (Å²) < 4.78 is 5.43. The fourth-order valence-corrected chi connectivity index (χ4v) is 1.55. The molecule has 70 valence electrons. The first kappa shape index (κ1) is 8.38. The van der Waals surface area contributed by atoms with E-state index in [-0.39, 0.29) is 0 Å². The third-order valence-electron chi connectivity index (χ3n) is 2.17. The number of ether oxygens (including phenoxy) is 1. The summed E-state index contributed by atoms with van der Waals surface area (Å²) in [6.07, 6.45) is 1.09. The Morgan fingerprint density at radius 3 is 3.23 bits per heavy atom. The number of hydrogen-bond donors (Lipinski definition) is 2. The lowest BCUT2D eigenvalue weighted by Gasteiger charge is -2.06. The van der Waals surface area contributed by atoms with Crippen molar-refractivity contribution in [2.24, 2.45) is 5.73 Å². The van der Waals surface area contributed by atoms with Gasteiger partial charge in [0, 0.05) is 18.8 Å². The van der Waals surface area contributed by atoms with E-state index in [0.29, 0.717) is 13.2 Å². The van der Waals surface area contributed by atoms with Crippen molar-refractivity contribution in [2.75, 3.05) is 25.0 Å². The Bertz CT molecular complexity index is 299. The molecule has 0 atom stereocenters. The minimum absolute atomic E-state index is 0.565. The maximum atomic E-state index is 5.43. The molecule has 13 heavy (non-hydrogen) atoms. The monoisotopic (exact) mass is 178 g/mol. The minimum atomic E-state index is 0.565. The first-order valence-electron chi connectivity index (χ1n) is 4.60. The summed E-state index contributed by atoms with van der Waals surface area (Å²) in [4.78, 5) is 0. The summed E-state index contributed by atoms with van der Waals surface area (Å²) in [6, 6.07) is 6.13. The number of benzene rings is 1. The van der Waals surface area contributed by atoms with Crippen molar-refractivity contribution in [2.45, 2.75) is 6.42 Å². The summed E-state index contributed by atoms with van der Waals surface area (Å²) in [5.74, 6) is 0.924. The maximum absolute atomic E-state index is 5.43. The van der Waals surface area contributed by atoms with Crippen molar-refractivity contribution in [3.05, 3.63) is 23.8 Å². The van der Waals surface area contributed by atoms with E-state index in [2.05, 4.69) is 17.4 Å². The molecule has 0 aromatic heterocycles. The van der Waals surface area contributed by atoms with Gasteiger partial charge >= 0.3 is 0 Å². The van der Waals surface area contributed by atoms with Crippen molar-refractivity contribution >= 4 is 5.69 Å². The summed E-state index contributed by atoms with van der Waals surface area (Å²) in [7, 11) is 0. The van der Waals surface area contributed by atoms with Gasteiger partial charge in [0.2, 0.25) is 0 Å². The van der Waals surface area contributed by atoms with Gasteiger partial charge in [0.15, 0.2) is 0 Å². The Morgan fingerprint density at radius 1 is 1.46 bits per heavy atom. The van der Waals surface area contributed by atoms with Gasteiger partial charge in [-0.15, -0.1) is 0 Å². The summed E-state index contributed by atoms with van der Waals surface area (Å²) >= 11 is 0. The molecule has 0 saturated heterocycles. The molecule has 1 aromatic rings. The normalized spacial score (nSPS) is 13.6. The Balaban J connectivity index is 2.12. The molecule has 0 spiro atoms. The Kier molecular flexibility index (Phi) is 2.36.